The van der Waals surface area contributed by atoms with Crippen LogP contribution in [0.3, 0.4) is 0 Å². The number of hydrogen-bond donors (Lipinski definition) is 2. The summed E-state index contributed by atoms with van der Waals surface area (Å²) in [7, 11) is 0. The van der Waals surface area contributed by atoms with Gasteiger partial charge in [0.25, 0.3) is 0 Å². The summed E-state index contributed by atoms with van der Waals surface area (Å²) in [6, 6.07) is 4.09. The fraction of sp³-hybridized carbons (Fsp3) is 0.538. The molecule has 19 heavy (non-hydrogen) atoms. The minimum absolute atomic E-state index is 0.00752. The molecule has 0 saturated heterocycles. The van der Waals surface area contributed by atoms with Gasteiger partial charge in [0.1, 0.15) is 0 Å². The highest BCUT2D eigenvalue weighted by Crippen LogP contribution is 2.38. The molecule has 1 heterocycles. The fourth-order valence-corrected chi connectivity index (χ4v) is 4.30. The molecule has 0 aromatic carbocycles. The number of rotatable bonds is 5. The minimum atomic E-state index is -0.592. The zero-order valence-electron chi connectivity index (χ0n) is 10.6. The molecule has 0 spiro atoms. The third kappa shape index (κ3) is 3.35. The third-order valence-corrected chi connectivity index (χ3v) is 5.72. The predicted molar refractivity (Wildman–Crippen MR) is 86.4 cm³/mol. The van der Waals surface area contributed by atoms with E-state index in [1.807, 2.05) is 6.07 Å². The number of thiophene rings is 1. The number of carbonyl (C=O) groups excluding carboxylic acids is 1. The van der Waals surface area contributed by atoms with Crippen LogP contribution in [0.15, 0.2) is 15.9 Å². The number of amides is 1. The van der Waals surface area contributed by atoms with Crippen molar-refractivity contribution < 1.29 is 4.79 Å². The number of nitrogens with one attached hydrogen (secondary N) is 1. The van der Waals surface area contributed by atoms with E-state index in [0.29, 0.717) is 11.5 Å². The van der Waals surface area contributed by atoms with Gasteiger partial charge >= 0.3 is 0 Å². The standard InChI is InChI=1S/C13H17BrN2OS2/c14-10-4-3-9(19-10)5-8-16-12(17)13(11(15)18)6-1-2-7-13/h3-4H,1-2,5-8H2,(H2,15,18)(H,16,17). The predicted octanol–water partition coefficient (Wildman–Crippen LogP) is 3.02. The summed E-state index contributed by atoms with van der Waals surface area (Å²) in [4.78, 5) is 13.9. The Morgan fingerprint density at radius 2 is 2.16 bits per heavy atom. The average molecular weight is 361 g/mol. The first kappa shape index (κ1) is 14.9. The summed E-state index contributed by atoms with van der Waals surface area (Å²) in [5.74, 6) is 0.00752. The molecule has 3 N–H and O–H groups in total. The molecule has 1 aliphatic rings. The van der Waals surface area contributed by atoms with Crippen LogP contribution in [0.1, 0.15) is 30.6 Å². The van der Waals surface area contributed by atoms with E-state index in [1.54, 1.807) is 11.3 Å². The van der Waals surface area contributed by atoms with Crippen LogP contribution in [-0.2, 0) is 11.2 Å². The van der Waals surface area contributed by atoms with Crippen molar-refractivity contribution in [2.24, 2.45) is 11.1 Å². The Morgan fingerprint density at radius 3 is 2.68 bits per heavy atom. The lowest BCUT2D eigenvalue weighted by atomic mass is 9.85. The van der Waals surface area contributed by atoms with E-state index < -0.39 is 5.41 Å². The molecule has 0 unspecified atom stereocenters. The summed E-state index contributed by atoms with van der Waals surface area (Å²) in [5.41, 5.74) is 5.19. The third-order valence-electron chi connectivity index (χ3n) is 3.65. The molecule has 1 aromatic rings. The molecule has 0 aliphatic heterocycles. The Kier molecular flexibility index (Phi) is 4.97. The minimum Gasteiger partial charge on any atom is -0.392 e. The second-order valence-electron chi connectivity index (χ2n) is 4.87. The molecule has 1 fully saturated rings. The van der Waals surface area contributed by atoms with Crippen LogP contribution in [0.2, 0.25) is 0 Å². The van der Waals surface area contributed by atoms with Gasteiger partial charge in [-0.25, -0.2) is 0 Å². The molecule has 104 valence electrons. The molecule has 0 bridgehead atoms. The van der Waals surface area contributed by atoms with E-state index in [2.05, 4.69) is 27.3 Å². The average Bonchev–Trinajstić information content (AvgIpc) is 2.98. The molecule has 2 rings (SSSR count). The van der Waals surface area contributed by atoms with Gasteiger partial charge in [-0.05, 0) is 47.3 Å². The molecule has 1 amide bonds. The number of carbonyl (C=O) groups is 1. The van der Waals surface area contributed by atoms with E-state index in [9.17, 15) is 4.79 Å². The largest absolute Gasteiger partial charge is 0.392 e. The summed E-state index contributed by atoms with van der Waals surface area (Å²) in [6.07, 6.45) is 4.48. The van der Waals surface area contributed by atoms with Crippen molar-refractivity contribution in [3.05, 3.63) is 20.8 Å². The molecule has 0 atom stereocenters. The highest BCUT2D eigenvalue weighted by molar-refractivity contribution is 9.11. The van der Waals surface area contributed by atoms with Gasteiger partial charge in [0.15, 0.2) is 0 Å². The van der Waals surface area contributed by atoms with Crippen molar-refractivity contribution in [1.82, 2.24) is 5.32 Å². The first-order valence-electron chi connectivity index (χ1n) is 6.37. The van der Waals surface area contributed by atoms with Crippen molar-refractivity contribution >= 4 is 50.4 Å². The Labute approximate surface area is 131 Å². The Morgan fingerprint density at radius 1 is 1.47 bits per heavy atom. The molecular formula is C13H17BrN2OS2. The second-order valence-corrected chi connectivity index (χ2v) is 7.85. The lowest BCUT2D eigenvalue weighted by Gasteiger charge is -2.26. The summed E-state index contributed by atoms with van der Waals surface area (Å²) in [6.45, 7) is 0.635. The monoisotopic (exact) mass is 360 g/mol. The van der Waals surface area contributed by atoms with Crippen LogP contribution < -0.4 is 11.1 Å². The quantitative estimate of drug-likeness (QED) is 0.793. The number of nitrogens with two attached hydrogens (primary N) is 1. The van der Waals surface area contributed by atoms with Crippen LogP contribution in [0.25, 0.3) is 0 Å². The van der Waals surface area contributed by atoms with Crippen molar-refractivity contribution in [1.29, 1.82) is 0 Å². The zero-order valence-corrected chi connectivity index (χ0v) is 13.8. The molecule has 0 radical (unpaired) electrons. The van der Waals surface area contributed by atoms with E-state index in [-0.39, 0.29) is 5.91 Å². The maximum absolute atomic E-state index is 12.3. The highest BCUT2D eigenvalue weighted by atomic mass is 79.9. The maximum Gasteiger partial charge on any atom is 0.233 e. The van der Waals surface area contributed by atoms with Crippen molar-refractivity contribution in [3.63, 3.8) is 0 Å². The van der Waals surface area contributed by atoms with Gasteiger partial charge in [0, 0.05) is 11.4 Å². The van der Waals surface area contributed by atoms with Crippen molar-refractivity contribution in [3.8, 4) is 0 Å². The van der Waals surface area contributed by atoms with Crippen LogP contribution in [-0.4, -0.2) is 17.4 Å². The lowest BCUT2D eigenvalue weighted by molar-refractivity contribution is -0.127. The van der Waals surface area contributed by atoms with Crippen LogP contribution >= 0.6 is 39.5 Å². The van der Waals surface area contributed by atoms with E-state index in [4.69, 9.17) is 18.0 Å². The Bertz CT molecular complexity index is 481. The fourth-order valence-electron chi connectivity index (χ4n) is 2.52. The number of thiocarbonyl (C=S) groups is 1. The van der Waals surface area contributed by atoms with Gasteiger partial charge < -0.3 is 11.1 Å². The first-order valence-corrected chi connectivity index (χ1v) is 8.39. The lowest BCUT2D eigenvalue weighted by Crippen LogP contribution is -2.47. The molecule has 3 nitrogen and oxygen atoms in total. The van der Waals surface area contributed by atoms with Gasteiger partial charge in [-0.1, -0.05) is 25.1 Å². The number of hydrogen-bond acceptors (Lipinski definition) is 3. The molecule has 1 saturated carbocycles. The van der Waals surface area contributed by atoms with Crippen LogP contribution in [0.5, 0.6) is 0 Å². The van der Waals surface area contributed by atoms with Gasteiger partial charge in [-0.2, -0.15) is 0 Å². The zero-order chi connectivity index (χ0) is 13.9. The Balaban J connectivity index is 1.88. The SMILES string of the molecule is NC(=S)C1(C(=O)NCCc2ccc(Br)s2)CCCC1. The molecule has 6 heteroatoms. The molecule has 1 aromatic heterocycles. The highest BCUT2D eigenvalue weighted by Gasteiger charge is 2.43. The van der Waals surface area contributed by atoms with E-state index >= 15 is 0 Å². The summed E-state index contributed by atoms with van der Waals surface area (Å²) >= 11 is 10.2. The maximum atomic E-state index is 12.3. The topological polar surface area (TPSA) is 55.1 Å². The van der Waals surface area contributed by atoms with Crippen LogP contribution in [0.4, 0.5) is 0 Å². The second kappa shape index (κ2) is 6.33. The van der Waals surface area contributed by atoms with Gasteiger partial charge in [0.05, 0.1) is 14.2 Å². The molecular weight excluding hydrogens is 344 g/mol. The Hall–Kier alpha value is -0.460. The van der Waals surface area contributed by atoms with Gasteiger partial charge in [0.2, 0.25) is 5.91 Å². The van der Waals surface area contributed by atoms with E-state index in [1.165, 1.54) is 4.88 Å². The van der Waals surface area contributed by atoms with Crippen molar-refractivity contribution in [2.45, 2.75) is 32.1 Å². The van der Waals surface area contributed by atoms with Crippen molar-refractivity contribution in [2.75, 3.05) is 6.54 Å². The van der Waals surface area contributed by atoms with Crippen LogP contribution in [0, 0.1) is 5.41 Å². The molecule has 1 aliphatic carbocycles. The summed E-state index contributed by atoms with van der Waals surface area (Å²) < 4.78 is 1.12. The smallest absolute Gasteiger partial charge is 0.233 e. The normalized spacial score (nSPS) is 17.3. The van der Waals surface area contributed by atoms with Gasteiger partial charge in [-0.3, -0.25) is 4.79 Å². The first-order chi connectivity index (χ1) is 9.04. The summed E-state index contributed by atoms with van der Waals surface area (Å²) in [5, 5.41) is 2.99. The van der Waals surface area contributed by atoms with E-state index in [0.717, 1.165) is 35.9 Å². The van der Waals surface area contributed by atoms with Gasteiger partial charge in [-0.15, -0.1) is 11.3 Å². The number of halogens is 1.